The third kappa shape index (κ3) is 5.36. The first-order valence-corrected chi connectivity index (χ1v) is 9.05. The van der Waals surface area contributed by atoms with Gasteiger partial charge in [0.05, 0.1) is 46.2 Å². The molecule has 0 fully saturated rings. The second-order valence-corrected chi connectivity index (χ2v) is 6.83. The van der Waals surface area contributed by atoms with Gasteiger partial charge < -0.3 is 14.8 Å². The molecule has 2 rings (SSSR count). The van der Waals surface area contributed by atoms with Crippen LogP contribution in [-0.2, 0) is 4.79 Å². The van der Waals surface area contributed by atoms with E-state index in [4.69, 9.17) is 32.7 Å². The molecule has 1 amide bonds. The zero-order valence-corrected chi connectivity index (χ0v) is 17.4. The molecule has 0 heterocycles. The Morgan fingerprint density at radius 3 is 2.56 bits per heavy atom. The Hall–Kier alpha value is -2.27. The number of ether oxygens (including phenoxy) is 2. The van der Waals surface area contributed by atoms with Crippen LogP contribution in [0.15, 0.2) is 39.8 Å². The summed E-state index contributed by atoms with van der Waals surface area (Å²) < 4.78 is 11.1. The fourth-order valence-electron chi connectivity index (χ4n) is 2.04. The van der Waals surface area contributed by atoms with E-state index in [-0.39, 0.29) is 10.7 Å². The van der Waals surface area contributed by atoms with Gasteiger partial charge in [0.2, 0.25) is 5.91 Å². The maximum Gasteiger partial charge on any atom is 0.247 e. The molecular formula is C18H14BrCl2N3O3. The van der Waals surface area contributed by atoms with Crippen LogP contribution in [-0.4, -0.2) is 26.3 Å². The molecule has 0 bridgehead atoms. The molecule has 6 nitrogen and oxygen atoms in total. The molecule has 1 N–H and O–H groups in total. The average Bonchev–Trinajstić information content (AvgIpc) is 2.65. The molecule has 0 spiro atoms. The van der Waals surface area contributed by atoms with Crippen LogP contribution in [0.3, 0.4) is 0 Å². The van der Waals surface area contributed by atoms with Gasteiger partial charge in [-0.05, 0) is 34.1 Å². The largest absolute Gasteiger partial charge is 0.495 e. The fraction of sp³-hybridized carbons (Fsp3) is 0.167. The third-order valence-electron chi connectivity index (χ3n) is 3.43. The van der Waals surface area contributed by atoms with Gasteiger partial charge in [-0.2, -0.15) is 5.26 Å². The molecule has 0 aliphatic carbocycles. The van der Waals surface area contributed by atoms with Gasteiger partial charge in [0.15, 0.2) is 5.92 Å². The van der Waals surface area contributed by atoms with Crippen molar-refractivity contribution < 1.29 is 14.3 Å². The molecule has 2 aromatic rings. The number of aliphatic imine (C=N–C) groups is 1. The molecule has 1 atom stereocenters. The normalized spacial score (nSPS) is 11.7. The number of hydrogen-bond donors (Lipinski definition) is 1. The molecule has 0 radical (unpaired) electrons. The predicted octanol–water partition coefficient (Wildman–Crippen LogP) is 5.25. The number of carbonyl (C=O) groups is 1. The summed E-state index contributed by atoms with van der Waals surface area (Å²) in [7, 11) is 2.97. The van der Waals surface area contributed by atoms with Crippen molar-refractivity contribution in [1.29, 1.82) is 5.26 Å². The number of rotatable bonds is 6. The van der Waals surface area contributed by atoms with E-state index in [1.165, 1.54) is 32.6 Å². The lowest BCUT2D eigenvalue weighted by atomic mass is 10.1. The summed E-state index contributed by atoms with van der Waals surface area (Å²) in [6, 6.07) is 9.96. The van der Waals surface area contributed by atoms with E-state index in [1.807, 2.05) is 6.07 Å². The second kappa shape index (κ2) is 9.60. The van der Waals surface area contributed by atoms with Crippen LogP contribution in [0.1, 0.15) is 0 Å². The van der Waals surface area contributed by atoms with Crippen LogP contribution in [0.5, 0.6) is 11.5 Å². The number of anilines is 1. The fourth-order valence-corrected chi connectivity index (χ4v) is 2.96. The van der Waals surface area contributed by atoms with Gasteiger partial charge >= 0.3 is 0 Å². The van der Waals surface area contributed by atoms with Crippen LogP contribution in [0, 0.1) is 17.2 Å². The number of nitrogens with one attached hydrogen (secondary N) is 1. The zero-order valence-electron chi connectivity index (χ0n) is 14.3. The summed E-state index contributed by atoms with van der Waals surface area (Å²) in [5.41, 5.74) is 0.816. The molecule has 140 valence electrons. The Balaban J connectivity index is 2.18. The molecule has 0 aliphatic heterocycles. The predicted molar refractivity (Wildman–Crippen MR) is 110 cm³/mol. The first-order valence-electron chi connectivity index (χ1n) is 7.50. The molecule has 0 saturated heterocycles. The Bertz CT molecular complexity index is 929. The van der Waals surface area contributed by atoms with Crippen molar-refractivity contribution in [2.24, 2.45) is 10.9 Å². The summed E-state index contributed by atoms with van der Waals surface area (Å²) in [5.74, 6) is -0.780. The molecular weight excluding hydrogens is 457 g/mol. The highest BCUT2D eigenvalue weighted by Gasteiger charge is 2.18. The van der Waals surface area contributed by atoms with Crippen molar-refractivity contribution in [2.45, 2.75) is 0 Å². The van der Waals surface area contributed by atoms with Crippen LogP contribution in [0.4, 0.5) is 11.4 Å². The smallest absolute Gasteiger partial charge is 0.247 e. The molecule has 0 saturated carbocycles. The number of nitriles is 1. The van der Waals surface area contributed by atoms with Gasteiger partial charge in [-0.15, -0.1) is 0 Å². The van der Waals surface area contributed by atoms with Crippen LogP contribution in [0.25, 0.3) is 0 Å². The Morgan fingerprint density at radius 1 is 1.22 bits per heavy atom. The number of benzene rings is 2. The van der Waals surface area contributed by atoms with E-state index in [0.29, 0.717) is 22.2 Å². The van der Waals surface area contributed by atoms with E-state index in [9.17, 15) is 10.1 Å². The zero-order chi connectivity index (χ0) is 20.0. The lowest BCUT2D eigenvalue weighted by molar-refractivity contribution is -0.116. The highest BCUT2D eigenvalue weighted by molar-refractivity contribution is 9.10. The van der Waals surface area contributed by atoms with Gasteiger partial charge in [-0.3, -0.25) is 9.79 Å². The average molecular weight is 471 g/mol. The standard InChI is InChI=1S/C18H14BrCl2N3O3/c1-26-16-5-11(3-4-12(16)19)23-9-10(8-22)18(25)24-15-7-17(27-2)14(21)6-13(15)20/h3-7,9-10H,1-2H3,(H,24,25). The van der Waals surface area contributed by atoms with E-state index >= 15 is 0 Å². The van der Waals surface area contributed by atoms with Crippen molar-refractivity contribution in [3.63, 3.8) is 0 Å². The number of hydrogen-bond acceptors (Lipinski definition) is 5. The Kier molecular flexibility index (Phi) is 7.48. The molecule has 0 aromatic heterocycles. The third-order valence-corrected chi connectivity index (χ3v) is 4.69. The summed E-state index contributed by atoms with van der Waals surface area (Å²) in [6.07, 6.45) is 1.25. The molecule has 27 heavy (non-hydrogen) atoms. The molecule has 1 unspecified atom stereocenters. The highest BCUT2D eigenvalue weighted by Crippen LogP contribution is 2.34. The summed E-state index contributed by atoms with van der Waals surface area (Å²) >= 11 is 15.4. The number of methoxy groups -OCH3 is 2. The van der Waals surface area contributed by atoms with E-state index in [1.54, 1.807) is 18.2 Å². The second-order valence-electron chi connectivity index (χ2n) is 5.16. The van der Waals surface area contributed by atoms with Gasteiger partial charge in [-0.1, -0.05) is 23.2 Å². The highest BCUT2D eigenvalue weighted by atomic mass is 79.9. The van der Waals surface area contributed by atoms with Crippen molar-refractivity contribution >= 4 is 62.6 Å². The molecule has 9 heteroatoms. The van der Waals surface area contributed by atoms with Gasteiger partial charge in [0.25, 0.3) is 0 Å². The Labute approximate surface area is 174 Å². The van der Waals surface area contributed by atoms with Gasteiger partial charge in [0.1, 0.15) is 11.5 Å². The lowest BCUT2D eigenvalue weighted by Crippen LogP contribution is -2.22. The van der Waals surface area contributed by atoms with Gasteiger partial charge in [-0.25, -0.2) is 0 Å². The summed E-state index contributed by atoms with van der Waals surface area (Å²) in [4.78, 5) is 16.6. The lowest BCUT2D eigenvalue weighted by Gasteiger charge is -2.11. The number of carbonyl (C=O) groups excluding carboxylic acids is 1. The van der Waals surface area contributed by atoms with E-state index in [2.05, 4.69) is 26.2 Å². The first-order chi connectivity index (χ1) is 12.9. The first kappa shape index (κ1) is 21.0. The Morgan fingerprint density at radius 2 is 1.93 bits per heavy atom. The maximum absolute atomic E-state index is 12.4. The minimum atomic E-state index is -1.13. The minimum Gasteiger partial charge on any atom is -0.495 e. The molecule has 0 aliphatic rings. The topological polar surface area (TPSA) is 83.7 Å². The number of nitrogens with zero attached hydrogens (tertiary/aromatic N) is 2. The van der Waals surface area contributed by atoms with Crippen LogP contribution in [0.2, 0.25) is 10.0 Å². The number of amides is 1. The monoisotopic (exact) mass is 469 g/mol. The van der Waals surface area contributed by atoms with Gasteiger partial charge in [0, 0.05) is 18.3 Å². The van der Waals surface area contributed by atoms with Crippen LogP contribution < -0.4 is 14.8 Å². The summed E-state index contributed by atoms with van der Waals surface area (Å²) in [6.45, 7) is 0. The summed E-state index contributed by atoms with van der Waals surface area (Å²) in [5, 5.41) is 12.4. The van der Waals surface area contributed by atoms with Crippen molar-refractivity contribution in [3.8, 4) is 17.6 Å². The SMILES string of the molecule is COc1cc(NC(=O)C(C#N)C=Nc2ccc(Br)c(OC)c2)c(Cl)cc1Cl. The maximum atomic E-state index is 12.4. The van der Waals surface area contributed by atoms with Crippen molar-refractivity contribution in [2.75, 3.05) is 19.5 Å². The minimum absolute atomic E-state index is 0.223. The van der Waals surface area contributed by atoms with Crippen molar-refractivity contribution in [3.05, 3.63) is 44.8 Å². The van der Waals surface area contributed by atoms with E-state index in [0.717, 1.165) is 4.47 Å². The van der Waals surface area contributed by atoms with Crippen molar-refractivity contribution in [1.82, 2.24) is 0 Å². The number of halogens is 3. The quantitative estimate of drug-likeness (QED) is 0.584. The molecule has 2 aromatic carbocycles. The van der Waals surface area contributed by atoms with Crippen LogP contribution >= 0.6 is 39.1 Å². The van der Waals surface area contributed by atoms with E-state index < -0.39 is 11.8 Å².